The number of aromatic nitrogens is 2. The van der Waals surface area contributed by atoms with Crippen LogP contribution in [0.25, 0.3) is 0 Å². The molecule has 5 heteroatoms. The molecule has 1 heterocycles. The highest BCUT2D eigenvalue weighted by Crippen LogP contribution is 2.12. The molecule has 0 spiro atoms. The van der Waals surface area contributed by atoms with Crippen molar-refractivity contribution in [3.05, 3.63) is 11.9 Å². The van der Waals surface area contributed by atoms with Crippen molar-refractivity contribution < 1.29 is 4.74 Å². The van der Waals surface area contributed by atoms with Crippen molar-refractivity contribution in [2.24, 2.45) is 5.92 Å². The molecule has 0 aromatic carbocycles. The molecule has 0 aliphatic heterocycles. The SMILES string of the molecule is CCCNc1cc(NCCOCC(C)C)nc(CCC)n1. The second-order valence-corrected chi connectivity index (χ2v) is 5.63. The van der Waals surface area contributed by atoms with E-state index in [1.807, 2.05) is 6.07 Å². The van der Waals surface area contributed by atoms with Gasteiger partial charge >= 0.3 is 0 Å². The van der Waals surface area contributed by atoms with Gasteiger partial charge in [-0.15, -0.1) is 0 Å². The van der Waals surface area contributed by atoms with Gasteiger partial charge in [-0.05, 0) is 18.8 Å². The van der Waals surface area contributed by atoms with Crippen molar-refractivity contribution in [1.82, 2.24) is 9.97 Å². The molecular weight excluding hydrogens is 264 g/mol. The van der Waals surface area contributed by atoms with Gasteiger partial charge in [0, 0.05) is 32.2 Å². The molecule has 0 bridgehead atoms. The van der Waals surface area contributed by atoms with Crippen LogP contribution in [0.2, 0.25) is 0 Å². The van der Waals surface area contributed by atoms with Gasteiger partial charge in [0.05, 0.1) is 6.61 Å². The van der Waals surface area contributed by atoms with Gasteiger partial charge in [-0.3, -0.25) is 0 Å². The number of aryl methyl sites for hydroxylation is 1. The Bertz CT molecular complexity index is 396. The quantitative estimate of drug-likeness (QED) is 0.613. The molecule has 120 valence electrons. The number of hydrogen-bond donors (Lipinski definition) is 2. The molecule has 0 aliphatic carbocycles. The second-order valence-electron chi connectivity index (χ2n) is 5.63. The number of nitrogens with zero attached hydrogens (tertiary/aromatic N) is 2. The summed E-state index contributed by atoms with van der Waals surface area (Å²) in [4.78, 5) is 9.08. The van der Waals surface area contributed by atoms with Crippen molar-refractivity contribution in [3.63, 3.8) is 0 Å². The normalized spacial score (nSPS) is 10.9. The summed E-state index contributed by atoms with van der Waals surface area (Å²) in [6.07, 6.45) is 3.03. The van der Waals surface area contributed by atoms with E-state index in [-0.39, 0.29) is 0 Å². The highest BCUT2D eigenvalue weighted by molar-refractivity contribution is 5.47. The molecule has 2 N–H and O–H groups in total. The van der Waals surface area contributed by atoms with Gasteiger partial charge in [-0.2, -0.15) is 0 Å². The number of hydrogen-bond acceptors (Lipinski definition) is 5. The Labute approximate surface area is 128 Å². The van der Waals surface area contributed by atoms with Gasteiger partial charge in [0.15, 0.2) is 0 Å². The number of ether oxygens (including phenoxy) is 1. The minimum atomic E-state index is 0.574. The van der Waals surface area contributed by atoms with E-state index in [1.165, 1.54) is 0 Å². The summed E-state index contributed by atoms with van der Waals surface area (Å²) in [5, 5.41) is 6.65. The maximum Gasteiger partial charge on any atom is 0.133 e. The molecule has 0 aliphatic rings. The molecule has 0 amide bonds. The van der Waals surface area contributed by atoms with Gasteiger partial charge in [-0.25, -0.2) is 9.97 Å². The van der Waals surface area contributed by atoms with Gasteiger partial charge in [-0.1, -0.05) is 27.7 Å². The Morgan fingerprint density at radius 2 is 1.71 bits per heavy atom. The number of anilines is 2. The maximum atomic E-state index is 5.57. The highest BCUT2D eigenvalue weighted by atomic mass is 16.5. The second kappa shape index (κ2) is 10.4. The highest BCUT2D eigenvalue weighted by Gasteiger charge is 2.04. The van der Waals surface area contributed by atoms with Crippen molar-refractivity contribution in [1.29, 1.82) is 0 Å². The predicted molar refractivity (Wildman–Crippen MR) is 89.0 cm³/mol. The fourth-order valence-electron chi connectivity index (χ4n) is 1.84. The zero-order valence-electron chi connectivity index (χ0n) is 13.9. The molecule has 1 rings (SSSR count). The van der Waals surface area contributed by atoms with Crippen LogP contribution >= 0.6 is 0 Å². The van der Waals surface area contributed by atoms with Crippen molar-refractivity contribution >= 4 is 11.6 Å². The lowest BCUT2D eigenvalue weighted by Crippen LogP contribution is -2.14. The minimum Gasteiger partial charge on any atom is -0.379 e. The van der Waals surface area contributed by atoms with Crippen LogP contribution in [0.3, 0.4) is 0 Å². The third-order valence-electron chi connectivity index (χ3n) is 2.81. The van der Waals surface area contributed by atoms with Crippen LogP contribution in [-0.4, -0.2) is 36.3 Å². The van der Waals surface area contributed by atoms with Gasteiger partial charge in [0.2, 0.25) is 0 Å². The van der Waals surface area contributed by atoms with Gasteiger partial charge < -0.3 is 15.4 Å². The zero-order chi connectivity index (χ0) is 15.5. The van der Waals surface area contributed by atoms with Crippen LogP contribution in [-0.2, 0) is 11.2 Å². The van der Waals surface area contributed by atoms with Crippen LogP contribution in [0.5, 0.6) is 0 Å². The molecular formula is C16H30N4O. The predicted octanol–water partition coefficient (Wildman–Crippen LogP) is 3.34. The lowest BCUT2D eigenvalue weighted by Gasteiger charge is -2.11. The van der Waals surface area contributed by atoms with Crippen LogP contribution < -0.4 is 10.6 Å². The summed E-state index contributed by atoms with van der Waals surface area (Å²) in [6.45, 7) is 11.8. The zero-order valence-corrected chi connectivity index (χ0v) is 13.9. The Balaban J connectivity index is 2.52. The average Bonchev–Trinajstić information content (AvgIpc) is 2.44. The largest absolute Gasteiger partial charge is 0.379 e. The van der Waals surface area contributed by atoms with E-state index in [0.29, 0.717) is 12.5 Å². The minimum absolute atomic E-state index is 0.574. The lowest BCUT2D eigenvalue weighted by atomic mass is 10.2. The van der Waals surface area contributed by atoms with Crippen LogP contribution in [0.1, 0.15) is 46.4 Å². The smallest absolute Gasteiger partial charge is 0.133 e. The summed E-state index contributed by atoms with van der Waals surface area (Å²) < 4.78 is 5.57. The molecule has 1 aromatic heterocycles. The Hall–Kier alpha value is -1.36. The fraction of sp³-hybridized carbons (Fsp3) is 0.750. The van der Waals surface area contributed by atoms with Crippen LogP contribution in [0.4, 0.5) is 11.6 Å². The molecule has 0 saturated heterocycles. The van der Waals surface area contributed by atoms with E-state index in [9.17, 15) is 0 Å². The van der Waals surface area contributed by atoms with Crippen LogP contribution in [0, 0.1) is 5.92 Å². The number of rotatable bonds is 11. The van der Waals surface area contributed by atoms with Crippen molar-refractivity contribution in [2.45, 2.75) is 47.0 Å². The van der Waals surface area contributed by atoms with E-state index in [4.69, 9.17) is 4.74 Å². The first kappa shape index (κ1) is 17.7. The first-order valence-electron chi connectivity index (χ1n) is 8.09. The first-order valence-corrected chi connectivity index (χ1v) is 8.09. The van der Waals surface area contributed by atoms with Gasteiger partial charge in [0.25, 0.3) is 0 Å². The van der Waals surface area contributed by atoms with Gasteiger partial charge in [0.1, 0.15) is 17.5 Å². The molecule has 0 saturated carbocycles. The summed E-state index contributed by atoms with van der Waals surface area (Å²) in [7, 11) is 0. The Morgan fingerprint density at radius 3 is 2.29 bits per heavy atom. The van der Waals surface area contributed by atoms with E-state index >= 15 is 0 Å². The standard InChI is InChI=1S/C16H30N4O/c1-5-7-14-19-15(17-8-6-2)11-16(20-14)18-9-10-21-12-13(3)4/h11,13H,5-10,12H2,1-4H3,(H2,17,18,19,20). The lowest BCUT2D eigenvalue weighted by molar-refractivity contribution is 0.118. The average molecular weight is 294 g/mol. The van der Waals surface area contributed by atoms with E-state index < -0.39 is 0 Å². The van der Waals surface area contributed by atoms with E-state index in [1.54, 1.807) is 0 Å². The van der Waals surface area contributed by atoms with Crippen molar-refractivity contribution in [3.8, 4) is 0 Å². The Kier molecular flexibility index (Phi) is 8.74. The maximum absolute atomic E-state index is 5.57. The first-order chi connectivity index (χ1) is 10.2. The third kappa shape index (κ3) is 7.85. The molecule has 1 aromatic rings. The third-order valence-corrected chi connectivity index (χ3v) is 2.81. The monoisotopic (exact) mass is 294 g/mol. The molecule has 0 fully saturated rings. The molecule has 5 nitrogen and oxygen atoms in total. The molecule has 0 radical (unpaired) electrons. The van der Waals surface area contributed by atoms with Crippen LogP contribution in [0.15, 0.2) is 6.07 Å². The Morgan fingerprint density at radius 1 is 1.05 bits per heavy atom. The molecule has 21 heavy (non-hydrogen) atoms. The summed E-state index contributed by atoms with van der Waals surface area (Å²) >= 11 is 0. The van der Waals surface area contributed by atoms with E-state index in [0.717, 1.165) is 56.4 Å². The summed E-state index contributed by atoms with van der Waals surface area (Å²) in [5.41, 5.74) is 0. The molecule has 0 atom stereocenters. The van der Waals surface area contributed by atoms with E-state index in [2.05, 4.69) is 48.3 Å². The molecule has 0 unspecified atom stereocenters. The summed E-state index contributed by atoms with van der Waals surface area (Å²) in [5.74, 6) is 3.25. The number of nitrogens with one attached hydrogen (secondary N) is 2. The topological polar surface area (TPSA) is 59.1 Å². The van der Waals surface area contributed by atoms with Crippen molar-refractivity contribution in [2.75, 3.05) is 36.9 Å². The summed E-state index contributed by atoms with van der Waals surface area (Å²) in [6, 6.07) is 1.97. The fourth-order valence-corrected chi connectivity index (χ4v) is 1.84.